The fourth-order valence-corrected chi connectivity index (χ4v) is 2.18. The Balaban J connectivity index is 2.61. The van der Waals surface area contributed by atoms with Crippen molar-refractivity contribution in [3.63, 3.8) is 0 Å². The summed E-state index contributed by atoms with van der Waals surface area (Å²) in [6, 6.07) is 0. The van der Waals surface area contributed by atoms with Crippen molar-refractivity contribution in [1.82, 2.24) is 20.0 Å². The lowest BCUT2D eigenvalue weighted by Crippen LogP contribution is -2.30. The summed E-state index contributed by atoms with van der Waals surface area (Å²) in [5, 5.41) is 6.11. The third kappa shape index (κ3) is 5.31. The van der Waals surface area contributed by atoms with E-state index in [1.165, 1.54) is 6.92 Å². The molecule has 0 radical (unpaired) electrons. The van der Waals surface area contributed by atoms with E-state index in [4.69, 9.17) is 0 Å². The fourth-order valence-electron chi connectivity index (χ4n) is 1.67. The van der Waals surface area contributed by atoms with Crippen molar-refractivity contribution in [2.75, 3.05) is 27.2 Å². The van der Waals surface area contributed by atoms with Gasteiger partial charge in [0.15, 0.2) is 5.69 Å². The molecule has 0 aliphatic heterocycles. The van der Waals surface area contributed by atoms with Gasteiger partial charge in [0.25, 0.3) is 0 Å². The predicted octanol–water partition coefficient (Wildman–Crippen LogP) is 2.04. The maximum absolute atomic E-state index is 12.7. The lowest BCUT2D eigenvalue weighted by molar-refractivity contribution is -0.142. The van der Waals surface area contributed by atoms with Crippen molar-refractivity contribution in [2.24, 2.45) is 0 Å². The number of aromatic nitrogens is 2. The summed E-state index contributed by atoms with van der Waals surface area (Å²) in [4.78, 5) is 13.7. The molecular formula is C12H18BrF3N4O. The summed E-state index contributed by atoms with van der Waals surface area (Å²) in [7, 11) is 3.84. The van der Waals surface area contributed by atoms with Crippen LogP contribution in [-0.2, 0) is 17.5 Å². The van der Waals surface area contributed by atoms with Gasteiger partial charge in [-0.1, -0.05) is 0 Å². The Morgan fingerprint density at radius 1 is 1.43 bits per heavy atom. The summed E-state index contributed by atoms with van der Waals surface area (Å²) < 4.78 is 39.0. The highest BCUT2D eigenvalue weighted by molar-refractivity contribution is 9.10. The summed E-state index contributed by atoms with van der Waals surface area (Å²) >= 11 is 2.87. The molecule has 0 aliphatic rings. The largest absolute Gasteiger partial charge is 0.436 e. The van der Waals surface area contributed by atoms with Crippen LogP contribution in [0.15, 0.2) is 4.47 Å². The van der Waals surface area contributed by atoms with E-state index in [0.29, 0.717) is 6.54 Å². The average Bonchev–Trinajstić information content (AvgIpc) is 2.62. The highest BCUT2D eigenvalue weighted by Crippen LogP contribution is 2.35. The number of alkyl halides is 3. The molecule has 0 bridgehead atoms. The summed E-state index contributed by atoms with van der Waals surface area (Å²) in [5.74, 6) is -0.361. The monoisotopic (exact) mass is 370 g/mol. The normalized spacial score (nSPS) is 12.0. The molecule has 0 aliphatic carbocycles. The van der Waals surface area contributed by atoms with Gasteiger partial charge >= 0.3 is 6.18 Å². The van der Waals surface area contributed by atoms with Crippen LogP contribution in [-0.4, -0.2) is 47.8 Å². The molecule has 21 heavy (non-hydrogen) atoms. The van der Waals surface area contributed by atoms with E-state index in [1.807, 2.05) is 19.0 Å². The molecule has 0 aromatic carbocycles. The van der Waals surface area contributed by atoms with Crippen molar-refractivity contribution in [3.05, 3.63) is 15.9 Å². The minimum absolute atomic E-state index is 0.129. The van der Waals surface area contributed by atoms with E-state index in [-0.39, 0.29) is 22.6 Å². The Bertz CT molecular complexity index is 499. The molecular weight excluding hydrogens is 353 g/mol. The Morgan fingerprint density at radius 2 is 2.05 bits per heavy atom. The third-order valence-corrected chi connectivity index (χ3v) is 3.75. The summed E-state index contributed by atoms with van der Waals surface area (Å²) in [6.07, 6.45) is -3.77. The van der Waals surface area contributed by atoms with Gasteiger partial charge in [-0.3, -0.25) is 9.48 Å². The Hall–Kier alpha value is -1.09. The predicted molar refractivity (Wildman–Crippen MR) is 75.8 cm³/mol. The summed E-state index contributed by atoms with van der Waals surface area (Å²) in [5.41, 5.74) is -0.744. The van der Waals surface area contributed by atoms with Crippen LogP contribution in [0.4, 0.5) is 13.2 Å². The van der Waals surface area contributed by atoms with Gasteiger partial charge in [-0.2, -0.15) is 18.3 Å². The van der Waals surface area contributed by atoms with Gasteiger partial charge in [-0.05, 0) is 49.9 Å². The molecule has 9 heteroatoms. The first-order valence-corrected chi connectivity index (χ1v) is 7.13. The van der Waals surface area contributed by atoms with Crippen molar-refractivity contribution >= 4 is 21.8 Å². The molecule has 120 valence electrons. The van der Waals surface area contributed by atoms with Crippen LogP contribution in [0.2, 0.25) is 0 Å². The molecule has 1 amide bonds. The van der Waals surface area contributed by atoms with E-state index in [2.05, 4.69) is 26.3 Å². The molecule has 1 aromatic rings. The van der Waals surface area contributed by atoms with Gasteiger partial charge in [-0.15, -0.1) is 0 Å². The van der Waals surface area contributed by atoms with Crippen LogP contribution in [0.1, 0.15) is 17.8 Å². The van der Waals surface area contributed by atoms with E-state index in [9.17, 15) is 18.0 Å². The number of nitrogens with one attached hydrogen (secondary N) is 1. The second-order valence-electron chi connectivity index (χ2n) is 4.91. The van der Waals surface area contributed by atoms with Gasteiger partial charge < -0.3 is 10.2 Å². The quantitative estimate of drug-likeness (QED) is 0.779. The van der Waals surface area contributed by atoms with Gasteiger partial charge in [0.1, 0.15) is 6.54 Å². The zero-order valence-electron chi connectivity index (χ0n) is 12.1. The molecule has 0 fully saturated rings. The topological polar surface area (TPSA) is 50.2 Å². The Labute approximate surface area is 129 Å². The molecule has 0 spiro atoms. The van der Waals surface area contributed by atoms with Crippen LogP contribution >= 0.6 is 15.9 Å². The van der Waals surface area contributed by atoms with Crippen LogP contribution in [0.25, 0.3) is 0 Å². The van der Waals surface area contributed by atoms with E-state index >= 15 is 0 Å². The Morgan fingerprint density at radius 3 is 2.52 bits per heavy atom. The number of hydrogen-bond acceptors (Lipinski definition) is 3. The molecule has 1 rings (SSSR count). The van der Waals surface area contributed by atoms with Crippen LogP contribution in [0.5, 0.6) is 0 Å². The van der Waals surface area contributed by atoms with Crippen molar-refractivity contribution < 1.29 is 18.0 Å². The van der Waals surface area contributed by atoms with E-state index in [0.717, 1.165) is 17.6 Å². The molecule has 1 aromatic heterocycles. The first-order valence-electron chi connectivity index (χ1n) is 6.34. The van der Waals surface area contributed by atoms with Crippen molar-refractivity contribution in [2.45, 2.75) is 26.1 Å². The maximum Gasteiger partial charge on any atom is 0.436 e. The number of carbonyl (C=O) groups excluding carboxylic acids is 1. The second kappa shape index (κ2) is 7.26. The fraction of sp³-hybridized carbons (Fsp3) is 0.667. The first-order chi connectivity index (χ1) is 9.62. The number of hydrogen-bond donors (Lipinski definition) is 1. The van der Waals surface area contributed by atoms with E-state index < -0.39 is 11.9 Å². The first kappa shape index (κ1) is 18.0. The number of amides is 1. The van der Waals surface area contributed by atoms with Gasteiger partial charge in [-0.25, -0.2) is 0 Å². The molecule has 1 N–H and O–H groups in total. The van der Waals surface area contributed by atoms with Crippen molar-refractivity contribution in [1.29, 1.82) is 0 Å². The van der Waals surface area contributed by atoms with Gasteiger partial charge in [0.05, 0.1) is 10.2 Å². The third-order valence-electron chi connectivity index (χ3n) is 2.80. The zero-order chi connectivity index (χ0) is 16.2. The van der Waals surface area contributed by atoms with Gasteiger partial charge in [0.2, 0.25) is 5.91 Å². The molecule has 0 unspecified atom stereocenters. The summed E-state index contributed by atoms with van der Waals surface area (Å²) in [6.45, 7) is 2.55. The number of halogens is 4. The molecule has 0 saturated heterocycles. The van der Waals surface area contributed by atoms with Crippen LogP contribution in [0, 0.1) is 6.92 Å². The van der Waals surface area contributed by atoms with Crippen LogP contribution in [0.3, 0.4) is 0 Å². The van der Waals surface area contributed by atoms with Crippen molar-refractivity contribution in [3.8, 4) is 0 Å². The minimum atomic E-state index is -4.54. The van der Waals surface area contributed by atoms with E-state index in [1.54, 1.807) is 0 Å². The standard InChI is InChI=1S/C12H18BrF3N4O/c1-8-10(13)11(12(14,15)16)18-20(8)7-9(21)17-5-4-6-19(2)3/h4-7H2,1-3H3,(H,17,21). The average molecular weight is 371 g/mol. The second-order valence-corrected chi connectivity index (χ2v) is 5.70. The molecule has 1 heterocycles. The zero-order valence-corrected chi connectivity index (χ0v) is 13.7. The number of rotatable bonds is 6. The SMILES string of the molecule is Cc1c(Br)c(C(F)(F)F)nn1CC(=O)NCCCN(C)C. The molecule has 5 nitrogen and oxygen atoms in total. The molecule has 0 saturated carbocycles. The maximum atomic E-state index is 12.7. The minimum Gasteiger partial charge on any atom is -0.354 e. The lowest BCUT2D eigenvalue weighted by atomic mass is 10.3. The van der Waals surface area contributed by atoms with Gasteiger partial charge in [0, 0.05) is 6.54 Å². The smallest absolute Gasteiger partial charge is 0.354 e. The Kier molecular flexibility index (Phi) is 6.21. The van der Waals surface area contributed by atoms with Crippen LogP contribution < -0.4 is 5.32 Å². The number of nitrogens with zero attached hydrogens (tertiary/aromatic N) is 3. The number of carbonyl (C=O) groups is 1. The highest BCUT2D eigenvalue weighted by Gasteiger charge is 2.38. The lowest BCUT2D eigenvalue weighted by Gasteiger charge is -2.10. The molecule has 0 atom stereocenters. The highest BCUT2D eigenvalue weighted by atomic mass is 79.9.